The number of benzene rings is 1. The highest BCUT2D eigenvalue weighted by atomic mass is 32.2. The third-order valence-electron chi connectivity index (χ3n) is 6.01. The van der Waals surface area contributed by atoms with Crippen LogP contribution in [0.25, 0.3) is 11.0 Å². The molecule has 4 rings (SSSR count). The molecule has 1 aliphatic heterocycles. The minimum absolute atomic E-state index is 0.0156. The van der Waals surface area contributed by atoms with Gasteiger partial charge in [-0.1, -0.05) is 0 Å². The summed E-state index contributed by atoms with van der Waals surface area (Å²) in [6.45, 7) is 6.37. The van der Waals surface area contributed by atoms with Crippen molar-refractivity contribution in [1.82, 2.24) is 13.9 Å². The number of fused-ring (bicyclic) bond motifs is 1. The van der Waals surface area contributed by atoms with Crippen molar-refractivity contribution in [1.29, 1.82) is 0 Å². The van der Waals surface area contributed by atoms with Gasteiger partial charge in [-0.25, -0.2) is 13.4 Å². The van der Waals surface area contributed by atoms with E-state index in [-0.39, 0.29) is 23.5 Å². The summed E-state index contributed by atoms with van der Waals surface area (Å²) in [5, 5.41) is 10.2. The van der Waals surface area contributed by atoms with E-state index in [1.807, 2.05) is 39.1 Å². The maximum atomic E-state index is 13.3. The van der Waals surface area contributed by atoms with Crippen molar-refractivity contribution in [2.45, 2.75) is 57.1 Å². The number of sulfonamides is 1. The largest absolute Gasteiger partial charge is 0.491 e. The SMILES string of the molecule is Cc1cc(S(=O)(=O)N2CCC(c3cn(CC(=O)O)c4ncccc34)CC2)ccc1OC(C)C. The molecule has 33 heavy (non-hydrogen) atoms. The molecule has 3 aromatic rings. The van der Waals surface area contributed by atoms with Crippen molar-refractivity contribution in [2.75, 3.05) is 13.1 Å². The van der Waals surface area contributed by atoms with Crippen LogP contribution in [-0.4, -0.2) is 52.5 Å². The smallest absolute Gasteiger partial charge is 0.323 e. The van der Waals surface area contributed by atoms with Crippen LogP contribution < -0.4 is 4.74 Å². The molecule has 0 bridgehead atoms. The molecule has 3 heterocycles. The lowest BCUT2D eigenvalue weighted by Gasteiger charge is -2.31. The van der Waals surface area contributed by atoms with Crippen LogP contribution in [0.4, 0.5) is 0 Å². The topological polar surface area (TPSA) is 102 Å². The first kappa shape index (κ1) is 23.3. The van der Waals surface area contributed by atoms with Gasteiger partial charge in [-0.05, 0) is 81.0 Å². The lowest BCUT2D eigenvalue weighted by atomic mass is 9.90. The predicted octanol–water partition coefficient (Wildman–Crippen LogP) is 3.78. The number of hydrogen-bond acceptors (Lipinski definition) is 5. The molecule has 0 spiro atoms. The third kappa shape index (κ3) is 4.74. The van der Waals surface area contributed by atoms with Crippen LogP contribution in [0.1, 0.15) is 43.7 Å². The van der Waals surface area contributed by atoms with Gasteiger partial charge in [0.2, 0.25) is 10.0 Å². The number of nitrogens with zero attached hydrogens (tertiary/aromatic N) is 3. The van der Waals surface area contributed by atoms with Crippen molar-refractivity contribution in [2.24, 2.45) is 0 Å². The highest BCUT2D eigenvalue weighted by molar-refractivity contribution is 7.89. The highest BCUT2D eigenvalue weighted by Gasteiger charge is 2.31. The number of pyridine rings is 1. The third-order valence-corrected chi connectivity index (χ3v) is 7.91. The Morgan fingerprint density at radius 3 is 2.61 bits per heavy atom. The molecule has 1 aliphatic rings. The monoisotopic (exact) mass is 471 g/mol. The Kier molecular flexibility index (Phi) is 6.45. The second-order valence-corrected chi connectivity index (χ2v) is 10.7. The minimum atomic E-state index is -3.61. The van der Waals surface area contributed by atoms with Crippen molar-refractivity contribution >= 4 is 27.0 Å². The second kappa shape index (κ2) is 9.15. The number of piperidine rings is 1. The lowest BCUT2D eigenvalue weighted by molar-refractivity contribution is -0.137. The Balaban J connectivity index is 1.52. The number of ether oxygens (including phenoxy) is 1. The zero-order valence-electron chi connectivity index (χ0n) is 19.1. The number of aromatic nitrogens is 2. The fourth-order valence-electron chi connectivity index (χ4n) is 4.47. The number of hydrogen-bond donors (Lipinski definition) is 1. The van der Waals surface area contributed by atoms with Crippen LogP contribution in [-0.2, 0) is 21.4 Å². The Morgan fingerprint density at radius 1 is 1.24 bits per heavy atom. The first-order valence-electron chi connectivity index (χ1n) is 11.1. The number of aliphatic carboxylic acids is 1. The van der Waals surface area contributed by atoms with E-state index < -0.39 is 16.0 Å². The molecule has 1 aromatic carbocycles. The summed E-state index contributed by atoms with van der Waals surface area (Å²) >= 11 is 0. The molecule has 8 nitrogen and oxygen atoms in total. The Bertz CT molecular complexity index is 1270. The van der Waals surface area contributed by atoms with E-state index in [0.29, 0.717) is 37.3 Å². The number of carbonyl (C=O) groups is 1. The Morgan fingerprint density at radius 2 is 1.97 bits per heavy atom. The van der Waals surface area contributed by atoms with Gasteiger partial charge in [-0.15, -0.1) is 0 Å². The number of carboxylic acid groups (broad SMARTS) is 1. The minimum Gasteiger partial charge on any atom is -0.491 e. The first-order chi connectivity index (χ1) is 15.7. The van der Waals surface area contributed by atoms with Crippen molar-refractivity contribution in [3.63, 3.8) is 0 Å². The van der Waals surface area contributed by atoms with Gasteiger partial charge in [0, 0.05) is 30.9 Å². The Hall–Kier alpha value is -2.91. The van der Waals surface area contributed by atoms with Gasteiger partial charge in [-0.2, -0.15) is 4.31 Å². The van der Waals surface area contributed by atoms with Crippen molar-refractivity contribution in [3.8, 4) is 5.75 Å². The molecule has 0 aliphatic carbocycles. The average molecular weight is 472 g/mol. The summed E-state index contributed by atoms with van der Waals surface area (Å²) in [6, 6.07) is 8.79. The van der Waals surface area contributed by atoms with E-state index in [1.54, 1.807) is 29.0 Å². The van der Waals surface area contributed by atoms with E-state index in [9.17, 15) is 18.3 Å². The summed E-state index contributed by atoms with van der Waals surface area (Å²) < 4.78 is 35.4. The van der Waals surface area contributed by atoms with E-state index in [1.165, 1.54) is 4.31 Å². The molecule has 1 fully saturated rings. The van der Waals surface area contributed by atoms with Crippen LogP contribution in [0.15, 0.2) is 47.6 Å². The molecule has 1 N–H and O–H groups in total. The second-order valence-electron chi connectivity index (χ2n) is 8.75. The summed E-state index contributed by atoms with van der Waals surface area (Å²) in [5.74, 6) is -0.0964. The van der Waals surface area contributed by atoms with Crippen molar-refractivity contribution < 1.29 is 23.1 Å². The highest BCUT2D eigenvalue weighted by Crippen LogP contribution is 2.35. The summed E-state index contributed by atoms with van der Waals surface area (Å²) in [7, 11) is -3.61. The summed E-state index contributed by atoms with van der Waals surface area (Å²) in [5.41, 5.74) is 2.46. The van der Waals surface area contributed by atoms with Crippen LogP contribution in [0, 0.1) is 6.92 Å². The zero-order valence-corrected chi connectivity index (χ0v) is 19.9. The van der Waals surface area contributed by atoms with Crippen LogP contribution in [0.2, 0.25) is 0 Å². The van der Waals surface area contributed by atoms with E-state index >= 15 is 0 Å². The standard InChI is InChI=1S/C24H29N3O5S/c1-16(2)32-22-7-6-19(13-17(22)3)33(30,31)27-11-8-18(9-12-27)21-14-26(15-23(28)29)24-20(21)5-4-10-25-24/h4-7,10,13-14,16,18H,8-9,11-12,15H2,1-3H3,(H,28,29). The van der Waals surface area contributed by atoms with Gasteiger partial charge < -0.3 is 14.4 Å². The van der Waals surface area contributed by atoms with E-state index in [0.717, 1.165) is 16.5 Å². The molecule has 0 unspecified atom stereocenters. The number of aryl methyl sites for hydroxylation is 1. The van der Waals surface area contributed by atoms with Crippen LogP contribution in [0.3, 0.4) is 0 Å². The van der Waals surface area contributed by atoms with Gasteiger partial charge in [0.15, 0.2) is 0 Å². The predicted molar refractivity (Wildman–Crippen MR) is 125 cm³/mol. The van der Waals surface area contributed by atoms with Gasteiger partial charge >= 0.3 is 5.97 Å². The van der Waals surface area contributed by atoms with Crippen LogP contribution in [0.5, 0.6) is 5.75 Å². The molecule has 1 saturated heterocycles. The average Bonchev–Trinajstić information content (AvgIpc) is 3.13. The fraction of sp³-hybridized carbons (Fsp3) is 0.417. The first-order valence-corrected chi connectivity index (χ1v) is 12.5. The number of carboxylic acids is 1. The van der Waals surface area contributed by atoms with E-state index in [2.05, 4.69) is 4.98 Å². The van der Waals surface area contributed by atoms with Crippen molar-refractivity contribution in [3.05, 3.63) is 53.9 Å². The lowest BCUT2D eigenvalue weighted by Crippen LogP contribution is -2.37. The molecule has 0 saturated carbocycles. The molecule has 176 valence electrons. The summed E-state index contributed by atoms with van der Waals surface area (Å²) in [6.07, 6.45) is 4.85. The summed E-state index contributed by atoms with van der Waals surface area (Å²) in [4.78, 5) is 15.9. The van der Waals surface area contributed by atoms with E-state index in [4.69, 9.17) is 4.74 Å². The Labute approximate surface area is 193 Å². The van der Waals surface area contributed by atoms with Crippen LogP contribution >= 0.6 is 0 Å². The van der Waals surface area contributed by atoms with Gasteiger partial charge in [-0.3, -0.25) is 4.79 Å². The van der Waals surface area contributed by atoms with Gasteiger partial charge in [0.25, 0.3) is 0 Å². The molecule has 2 aromatic heterocycles. The molecule has 0 atom stereocenters. The number of rotatable bonds is 7. The molecule has 0 radical (unpaired) electrons. The fourth-order valence-corrected chi connectivity index (χ4v) is 6.02. The molecule has 0 amide bonds. The maximum Gasteiger partial charge on any atom is 0.323 e. The zero-order chi connectivity index (χ0) is 23.8. The molecule has 9 heteroatoms. The van der Waals surface area contributed by atoms with Gasteiger partial charge in [0.1, 0.15) is 17.9 Å². The maximum absolute atomic E-state index is 13.3. The quantitative estimate of drug-likeness (QED) is 0.563. The molecular formula is C24H29N3O5S. The normalized spacial score (nSPS) is 15.9. The van der Waals surface area contributed by atoms with Gasteiger partial charge in [0.05, 0.1) is 11.0 Å². The molecular weight excluding hydrogens is 442 g/mol.